The highest BCUT2D eigenvalue weighted by molar-refractivity contribution is 7.13. The minimum absolute atomic E-state index is 1.10. The lowest BCUT2D eigenvalue weighted by atomic mass is 10.0. The van der Waals surface area contributed by atoms with Gasteiger partial charge in [-0.2, -0.15) is 0 Å². The summed E-state index contributed by atoms with van der Waals surface area (Å²) >= 11 is 1.71. The van der Waals surface area contributed by atoms with Crippen molar-refractivity contribution in [3.63, 3.8) is 0 Å². The van der Waals surface area contributed by atoms with Crippen molar-refractivity contribution in [2.24, 2.45) is 0 Å². The number of benzene rings is 1. The quantitative estimate of drug-likeness (QED) is 0.688. The molecule has 1 nitrogen and oxygen atoms in total. The Morgan fingerprint density at radius 3 is 2.57 bits per heavy atom. The van der Waals surface area contributed by atoms with E-state index >= 15 is 0 Å². The van der Waals surface area contributed by atoms with Crippen LogP contribution in [-0.4, -0.2) is 4.98 Å². The zero-order valence-corrected chi connectivity index (χ0v) is 9.48. The summed E-state index contributed by atoms with van der Waals surface area (Å²) in [6, 6.07) is 6.37. The van der Waals surface area contributed by atoms with Gasteiger partial charge >= 0.3 is 0 Å². The van der Waals surface area contributed by atoms with Gasteiger partial charge in [-0.1, -0.05) is 18.2 Å². The van der Waals surface area contributed by atoms with Gasteiger partial charge in [-0.05, 0) is 31.9 Å². The average Bonchev–Trinajstić information content (AvgIpc) is 2.57. The Morgan fingerprint density at radius 2 is 1.93 bits per heavy atom. The van der Waals surface area contributed by atoms with E-state index in [0.29, 0.717) is 0 Å². The highest BCUT2D eigenvalue weighted by atomic mass is 32.1. The molecule has 0 aliphatic rings. The van der Waals surface area contributed by atoms with Gasteiger partial charge in [-0.15, -0.1) is 11.3 Å². The summed E-state index contributed by atoms with van der Waals surface area (Å²) in [6.45, 7) is 6.33. The minimum Gasteiger partial charge on any atom is -0.241 e. The Hall–Kier alpha value is -1.15. The lowest BCUT2D eigenvalue weighted by Gasteiger charge is -2.04. The van der Waals surface area contributed by atoms with Crippen LogP contribution < -0.4 is 0 Å². The van der Waals surface area contributed by atoms with Crippen molar-refractivity contribution in [3.8, 4) is 10.6 Å². The predicted octanol–water partition coefficient (Wildman–Crippen LogP) is 3.74. The normalized spacial score (nSPS) is 10.5. The van der Waals surface area contributed by atoms with Crippen LogP contribution in [0.4, 0.5) is 0 Å². The summed E-state index contributed by atoms with van der Waals surface area (Å²) < 4.78 is 0. The molecule has 0 aliphatic heterocycles. The van der Waals surface area contributed by atoms with Gasteiger partial charge in [0.2, 0.25) is 0 Å². The first-order valence-electron chi connectivity index (χ1n) is 4.67. The van der Waals surface area contributed by atoms with Crippen LogP contribution in [0, 0.1) is 20.8 Å². The van der Waals surface area contributed by atoms with Crippen molar-refractivity contribution >= 4 is 11.3 Å². The Labute approximate surface area is 88.4 Å². The summed E-state index contributed by atoms with van der Waals surface area (Å²) in [5, 5.41) is 3.22. The molecule has 0 atom stereocenters. The molecule has 2 heteroatoms. The molecule has 0 spiro atoms. The fraction of sp³-hybridized carbons (Fsp3) is 0.250. The van der Waals surface area contributed by atoms with Gasteiger partial charge in [-0.3, -0.25) is 0 Å². The number of aromatic nitrogens is 1. The third-order valence-electron chi connectivity index (χ3n) is 2.45. The second kappa shape index (κ2) is 3.54. The third-order valence-corrected chi connectivity index (χ3v) is 3.45. The van der Waals surface area contributed by atoms with E-state index in [1.165, 1.54) is 16.7 Å². The smallest absolute Gasteiger partial charge is 0.123 e. The fourth-order valence-electron chi connectivity index (χ4n) is 1.46. The molecule has 0 amide bonds. The Morgan fingerprint density at radius 1 is 1.14 bits per heavy atom. The van der Waals surface area contributed by atoms with E-state index in [4.69, 9.17) is 0 Å². The second-order valence-electron chi connectivity index (χ2n) is 3.54. The van der Waals surface area contributed by atoms with E-state index in [9.17, 15) is 0 Å². The van der Waals surface area contributed by atoms with Crippen molar-refractivity contribution in [1.29, 1.82) is 0 Å². The third kappa shape index (κ3) is 1.58. The van der Waals surface area contributed by atoms with Gasteiger partial charge in [0.05, 0.1) is 0 Å². The second-order valence-corrected chi connectivity index (χ2v) is 4.40. The summed E-state index contributed by atoms with van der Waals surface area (Å²) in [7, 11) is 0. The van der Waals surface area contributed by atoms with Crippen LogP contribution in [0.2, 0.25) is 0 Å². The largest absolute Gasteiger partial charge is 0.241 e. The molecule has 0 N–H and O–H groups in total. The lowest BCUT2D eigenvalue weighted by molar-refractivity contribution is 1.25. The number of aryl methyl sites for hydroxylation is 2. The SMILES string of the molecule is Cc1csc(-c2cccc(C)c2C)n1. The van der Waals surface area contributed by atoms with Crippen molar-refractivity contribution in [3.05, 3.63) is 40.4 Å². The zero-order chi connectivity index (χ0) is 10.1. The van der Waals surface area contributed by atoms with E-state index in [1.54, 1.807) is 11.3 Å². The zero-order valence-electron chi connectivity index (χ0n) is 8.66. The van der Waals surface area contributed by atoms with Crippen LogP contribution in [0.25, 0.3) is 10.6 Å². The summed E-state index contributed by atoms with van der Waals surface area (Å²) in [5.41, 5.74) is 5.03. The van der Waals surface area contributed by atoms with Crippen LogP contribution >= 0.6 is 11.3 Å². The number of thiazole rings is 1. The van der Waals surface area contributed by atoms with Crippen molar-refractivity contribution < 1.29 is 0 Å². The lowest BCUT2D eigenvalue weighted by Crippen LogP contribution is -1.86. The maximum Gasteiger partial charge on any atom is 0.123 e. The Bertz CT molecular complexity index is 457. The van der Waals surface area contributed by atoms with Gasteiger partial charge in [0.25, 0.3) is 0 Å². The summed E-state index contributed by atoms with van der Waals surface area (Å²) in [5.74, 6) is 0. The molecular weight excluding hydrogens is 190 g/mol. The van der Waals surface area contributed by atoms with Gasteiger partial charge in [0.1, 0.15) is 5.01 Å². The highest BCUT2D eigenvalue weighted by Gasteiger charge is 2.06. The Kier molecular flexibility index (Phi) is 2.38. The first kappa shape index (κ1) is 9.41. The predicted molar refractivity (Wildman–Crippen MR) is 61.8 cm³/mol. The molecular formula is C12H13NS. The average molecular weight is 203 g/mol. The van der Waals surface area contributed by atoms with Crippen molar-refractivity contribution in [2.75, 3.05) is 0 Å². The molecule has 2 rings (SSSR count). The molecule has 1 aromatic heterocycles. The van der Waals surface area contributed by atoms with E-state index in [-0.39, 0.29) is 0 Å². The topological polar surface area (TPSA) is 12.9 Å². The minimum atomic E-state index is 1.10. The molecule has 0 saturated carbocycles. The van der Waals surface area contributed by atoms with Crippen LogP contribution in [0.1, 0.15) is 16.8 Å². The van der Waals surface area contributed by atoms with Crippen LogP contribution in [0.5, 0.6) is 0 Å². The van der Waals surface area contributed by atoms with Gasteiger partial charge in [0, 0.05) is 16.6 Å². The number of nitrogens with zero attached hydrogens (tertiary/aromatic N) is 1. The van der Waals surface area contributed by atoms with E-state index in [1.807, 2.05) is 6.92 Å². The van der Waals surface area contributed by atoms with Gasteiger partial charge in [-0.25, -0.2) is 4.98 Å². The molecule has 0 aliphatic carbocycles. The van der Waals surface area contributed by atoms with Crippen LogP contribution in [0.15, 0.2) is 23.6 Å². The monoisotopic (exact) mass is 203 g/mol. The Balaban J connectivity index is 2.57. The first-order chi connectivity index (χ1) is 6.68. The summed E-state index contributed by atoms with van der Waals surface area (Å²) in [6.07, 6.45) is 0. The maximum atomic E-state index is 4.50. The molecule has 0 unspecified atom stereocenters. The molecule has 72 valence electrons. The van der Waals surface area contributed by atoms with Crippen LogP contribution in [-0.2, 0) is 0 Å². The molecule has 14 heavy (non-hydrogen) atoms. The molecule has 2 aromatic rings. The maximum absolute atomic E-state index is 4.50. The molecule has 0 fully saturated rings. The molecule has 0 bridgehead atoms. The molecule has 0 saturated heterocycles. The molecule has 1 heterocycles. The summed E-state index contributed by atoms with van der Waals surface area (Å²) in [4.78, 5) is 4.50. The fourth-order valence-corrected chi connectivity index (χ4v) is 2.34. The number of hydrogen-bond donors (Lipinski definition) is 0. The van der Waals surface area contributed by atoms with E-state index in [0.717, 1.165) is 10.7 Å². The van der Waals surface area contributed by atoms with E-state index in [2.05, 4.69) is 42.4 Å². The first-order valence-corrected chi connectivity index (χ1v) is 5.55. The molecule has 0 radical (unpaired) electrons. The van der Waals surface area contributed by atoms with Gasteiger partial charge < -0.3 is 0 Å². The molecule has 1 aromatic carbocycles. The van der Waals surface area contributed by atoms with Crippen molar-refractivity contribution in [1.82, 2.24) is 4.98 Å². The standard InChI is InChI=1S/C12H13NS/c1-8-5-4-6-11(10(8)3)12-13-9(2)7-14-12/h4-7H,1-3H3. The van der Waals surface area contributed by atoms with Crippen LogP contribution in [0.3, 0.4) is 0 Å². The van der Waals surface area contributed by atoms with Gasteiger partial charge in [0.15, 0.2) is 0 Å². The highest BCUT2D eigenvalue weighted by Crippen LogP contribution is 2.27. The number of hydrogen-bond acceptors (Lipinski definition) is 2. The van der Waals surface area contributed by atoms with E-state index < -0.39 is 0 Å². The number of rotatable bonds is 1. The van der Waals surface area contributed by atoms with Crippen molar-refractivity contribution in [2.45, 2.75) is 20.8 Å².